The fraction of sp³-hybridized carbons (Fsp3) is 0.472. The van der Waals surface area contributed by atoms with Gasteiger partial charge in [-0.3, -0.25) is 4.90 Å². The molecule has 0 bridgehead atoms. The summed E-state index contributed by atoms with van der Waals surface area (Å²) in [5, 5.41) is 22.6. The molecule has 0 aliphatic carbocycles. The van der Waals surface area contributed by atoms with E-state index < -0.39 is 17.7 Å². The number of aromatic hydroxyl groups is 1. The Morgan fingerprint density at radius 2 is 1.81 bits per heavy atom. The quantitative estimate of drug-likeness (QED) is 0.212. The van der Waals surface area contributed by atoms with Crippen LogP contribution < -0.4 is 15.4 Å². The zero-order valence-corrected chi connectivity index (χ0v) is 27.4. The zero-order valence-electron chi connectivity index (χ0n) is 27.4. The number of hydrogen-bond acceptors (Lipinski definition) is 9. The fourth-order valence-electron chi connectivity index (χ4n) is 7.68. The second kappa shape index (κ2) is 13.6. The molecule has 250 valence electrons. The number of rotatable bonds is 7. The summed E-state index contributed by atoms with van der Waals surface area (Å²) in [7, 11) is 0. The average Bonchev–Trinajstić information content (AvgIpc) is 3.66. The number of nitrogens with zero attached hydrogens (tertiary/aromatic N) is 5. The molecule has 3 saturated heterocycles. The van der Waals surface area contributed by atoms with Gasteiger partial charge in [0.1, 0.15) is 35.2 Å². The molecule has 11 heteroatoms. The highest BCUT2D eigenvalue weighted by molar-refractivity contribution is 6.03. The third kappa shape index (κ3) is 5.95. The Morgan fingerprint density at radius 3 is 2.51 bits per heavy atom. The number of ether oxygens (including phenoxy) is 1. The number of β-amino-alcohol motifs (C(OH)–C–C–N with tert-alkyl or cyclic N) is 1. The van der Waals surface area contributed by atoms with E-state index in [1.165, 1.54) is 24.4 Å². The Balaban J connectivity index is 0.00000190. The monoisotopic (exact) mass is 646 g/mol. The maximum Gasteiger partial charge on any atom is 0.319 e. The number of anilines is 1. The number of nitrogens with two attached hydrogens (primary N) is 1. The molecule has 0 spiro atoms. The number of fused-ring (bicyclic) bond motifs is 3. The van der Waals surface area contributed by atoms with E-state index in [9.17, 15) is 10.2 Å². The van der Waals surface area contributed by atoms with Gasteiger partial charge in [0.05, 0.1) is 22.7 Å². The summed E-state index contributed by atoms with van der Waals surface area (Å²) in [5.41, 5.74) is 6.64. The molecule has 3 aliphatic rings. The average molecular weight is 647 g/mol. The number of piperidine rings is 1. The molecule has 4 N–H and O–H groups in total. The molecular weight excluding hydrogens is 602 g/mol. The van der Waals surface area contributed by atoms with Gasteiger partial charge in [0.15, 0.2) is 5.82 Å². The highest BCUT2D eigenvalue weighted by atomic mass is 19.1. The van der Waals surface area contributed by atoms with Crippen molar-refractivity contribution in [3.05, 3.63) is 53.4 Å². The second-order valence-corrected chi connectivity index (χ2v) is 12.5. The summed E-state index contributed by atoms with van der Waals surface area (Å²) in [4.78, 5) is 18.6. The number of aromatic nitrogens is 3. The molecule has 7 rings (SSSR count). The van der Waals surface area contributed by atoms with Crippen LogP contribution in [0.15, 0.2) is 30.5 Å². The van der Waals surface area contributed by atoms with Crippen LogP contribution in [0, 0.1) is 11.6 Å². The van der Waals surface area contributed by atoms with Crippen LogP contribution in [0.3, 0.4) is 0 Å². The summed E-state index contributed by atoms with van der Waals surface area (Å²) in [6, 6.07) is 5.89. The predicted molar refractivity (Wildman–Crippen MR) is 182 cm³/mol. The Labute approximate surface area is 274 Å². The number of phenolic OH excluding ortho intramolecular Hbond substituents is 1. The Hall–Kier alpha value is -4.09. The number of phenols is 1. The minimum Gasteiger partial charge on any atom is -0.508 e. The van der Waals surface area contributed by atoms with Gasteiger partial charge in [-0.2, -0.15) is 9.97 Å². The van der Waals surface area contributed by atoms with Crippen molar-refractivity contribution in [2.45, 2.75) is 77.4 Å². The number of pyridine rings is 1. The van der Waals surface area contributed by atoms with Crippen LogP contribution in [0.2, 0.25) is 0 Å². The Bertz CT molecular complexity index is 1810. The minimum absolute atomic E-state index is 0.0219. The van der Waals surface area contributed by atoms with Gasteiger partial charge in [-0.1, -0.05) is 26.8 Å². The smallest absolute Gasteiger partial charge is 0.319 e. The molecule has 3 aliphatic heterocycles. The second-order valence-electron chi connectivity index (χ2n) is 12.5. The van der Waals surface area contributed by atoms with E-state index in [-0.39, 0.29) is 34.1 Å². The number of benzene rings is 2. The van der Waals surface area contributed by atoms with E-state index in [1.54, 1.807) is 12.1 Å². The van der Waals surface area contributed by atoms with Crippen molar-refractivity contribution < 1.29 is 23.7 Å². The lowest BCUT2D eigenvalue weighted by Crippen LogP contribution is -2.43. The summed E-state index contributed by atoms with van der Waals surface area (Å²) in [5.74, 6) is -0.857. The summed E-state index contributed by atoms with van der Waals surface area (Å²) < 4.78 is 38.4. The first kappa shape index (κ1) is 32.8. The maximum absolute atomic E-state index is 17.0. The molecule has 0 amide bonds. The lowest BCUT2D eigenvalue weighted by Gasteiger charge is -2.33. The van der Waals surface area contributed by atoms with Crippen molar-refractivity contribution in [2.75, 3.05) is 37.7 Å². The van der Waals surface area contributed by atoms with Crippen molar-refractivity contribution in [3.63, 3.8) is 0 Å². The van der Waals surface area contributed by atoms with Gasteiger partial charge in [-0.05, 0) is 105 Å². The molecule has 3 fully saturated rings. The largest absolute Gasteiger partial charge is 0.508 e. The highest BCUT2D eigenvalue weighted by Gasteiger charge is 2.45. The van der Waals surface area contributed by atoms with Crippen LogP contribution >= 0.6 is 0 Å². The lowest BCUT2D eigenvalue weighted by molar-refractivity contribution is 0.107. The predicted octanol–water partition coefficient (Wildman–Crippen LogP) is 6.32. The van der Waals surface area contributed by atoms with Crippen LogP contribution in [0.5, 0.6) is 11.8 Å². The molecule has 2 aromatic heterocycles. The molecule has 1 atom stereocenters. The topological polar surface area (TPSA) is 121 Å². The highest BCUT2D eigenvalue weighted by Crippen LogP contribution is 2.42. The lowest BCUT2D eigenvalue weighted by atomic mass is 9.94. The van der Waals surface area contributed by atoms with Crippen LogP contribution in [-0.4, -0.2) is 74.5 Å². The van der Waals surface area contributed by atoms with Gasteiger partial charge >= 0.3 is 6.01 Å². The van der Waals surface area contributed by atoms with Crippen LogP contribution in [0.1, 0.15) is 70.6 Å². The zero-order chi connectivity index (χ0) is 33.3. The standard InChI is InChI=1S/C34H38F2N6O3.C2H6/c1-2-23-25(35)8-7-20-16-22(44)17-24(27(20)23)30-29(36)31-28(26(38-30)9-12-37)32(41-13-3-6-21(43)18-41)40-33(39-31)45-19-34-10-4-14-42(34)15-5-11-34;1-2/h7-9,12,16-17,21,43-44H,2-6,10-11,13-15,18-19,37H2,1H3;1-2H3/b12-9-;. The van der Waals surface area contributed by atoms with E-state index >= 15 is 8.78 Å². The van der Waals surface area contributed by atoms with Crippen molar-refractivity contribution in [2.24, 2.45) is 5.73 Å². The fourth-order valence-corrected chi connectivity index (χ4v) is 7.68. The summed E-state index contributed by atoms with van der Waals surface area (Å²) in [6.45, 7) is 9.21. The third-order valence-corrected chi connectivity index (χ3v) is 9.77. The van der Waals surface area contributed by atoms with Gasteiger partial charge in [0.25, 0.3) is 0 Å². The first-order valence-corrected chi connectivity index (χ1v) is 16.9. The number of hydrogen-bond donors (Lipinski definition) is 3. The molecule has 5 heterocycles. The van der Waals surface area contributed by atoms with Crippen molar-refractivity contribution in [3.8, 4) is 23.0 Å². The molecule has 9 nitrogen and oxygen atoms in total. The SMILES string of the molecule is CC.CCc1c(F)ccc2cc(O)cc(-c3nc(/C=C\N)c4c(N5CCCC(O)C5)nc(OCC56CCCN5CCC6)nc4c3F)c12. The van der Waals surface area contributed by atoms with Crippen molar-refractivity contribution >= 4 is 33.6 Å². The van der Waals surface area contributed by atoms with Crippen LogP contribution in [0.25, 0.3) is 39.0 Å². The number of aryl methyl sites for hydroxylation is 1. The van der Waals surface area contributed by atoms with E-state index in [0.717, 1.165) is 45.2 Å². The molecule has 0 saturated carbocycles. The Morgan fingerprint density at radius 1 is 1.04 bits per heavy atom. The molecule has 1 unspecified atom stereocenters. The van der Waals surface area contributed by atoms with Gasteiger partial charge in [-0.25, -0.2) is 13.8 Å². The maximum atomic E-state index is 17.0. The third-order valence-electron chi connectivity index (χ3n) is 9.77. The number of aliphatic hydroxyl groups is 1. The molecule has 0 radical (unpaired) electrons. The normalized spacial score (nSPS) is 19.4. The number of halogens is 2. The molecule has 4 aromatic rings. The first-order valence-electron chi connectivity index (χ1n) is 16.9. The van der Waals surface area contributed by atoms with E-state index in [0.29, 0.717) is 65.8 Å². The Kier molecular flexibility index (Phi) is 9.48. The van der Waals surface area contributed by atoms with Crippen molar-refractivity contribution in [1.82, 2.24) is 19.9 Å². The van der Waals surface area contributed by atoms with Gasteiger partial charge in [0.2, 0.25) is 0 Å². The molecule has 2 aromatic carbocycles. The summed E-state index contributed by atoms with van der Waals surface area (Å²) >= 11 is 0. The van der Waals surface area contributed by atoms with Crippen molar-refractivity contribution in [1.29, 1.82) is 0 Å². The number of aliphatic hydroxyl groups excluding tert-OH is 1. The van der Waals surface area contributed by atoms with Crippen LogP contribution in [-0.2, 0) is 6.42 Å². The molecule has 47 heavy (non-hydrogen) atoms. The molecular formula is C36H44F2N6O3. The van der Waals surface area contributed by atoms with Gasteiger partial charge in [-0.15, -0.1) is 0 Å². The van der Waals surface area contributed by atoms with Crippen LogP contribution in [0.4, 0.5) is 14.6 Å². The van der Waals surface area contributed by atoms with E-state index in [1.807, 2.05) is 25.7 Å². The van der Waals surface area contributed by atoms with Gasteiger partial charge in [0, 0.05) is 18.7 Å². The summed E-state index contributed by atoms with van der Waals surface area (Å²) in [6.07, 6.45) is 8.32. The minimum atomic E-state index is -0.745. The van der Waals surface area contributed by atoms with E-state index in [2.05, 4.69) is 9.88 Å². The van der Waals surface area contributed by atoms with Gasteiger partial charge < -0.3 is 25.6 Å². The van der Waals surface area contributed by atoms with E-state index in [4.69, 9.17) is 20.4 Å². The first-order chi connectivity index (χ1) is 22.8.